The number of nitrogens with one attached hydrogen (secondary N) is 1. The van der Waals surface area contributed by atoms with E-state index in [9.17, 15) is 9.90 Å². The van der Waals surface area contributed by atoms with Gasteiger partial charge in [-0.25, -0.2) is 0 Å². The van der Waals surface area contributed by atoms with Crippen molar-refractivity contribution in [1.82, 2.24) is 20.0 Å². The van der Waals surface area contributed by atoms with E-state index >= 15 is 0 Å². The third kappa shape index (κ3) is 4.81. The maximum Gasteiger partial charge on any atom is 0.272 e. The van der Waals surface area contributed by atoms with Gasteiger partial charge in [0, 0.05) is 43.2 Å². The van der Waals surface area contributed by atoms with Crippen LogP contribution in [0.5, 0.6) is 0 Å². The molecular formula is C25H32N4O2. The summed E-state index contributed by atoms with van der Waals surface area (Å²) in [7, 11) is 0. The lowest BCUT2D eigenvalue weighted by Gasteiger charge is -2.40. The number of amides is 1. The Kier molecular flexibility index (Phi) is 6.68. The molecule has 6 heteroatoms. The number of carbonyl (C=O) groups excluding carboxylic acids is 1. The summed E-state index contributed by atoms with van der Waals surface area (Å²) in [5.41, 5.74) is 2.73. The Morgan fingerprint density at radius 1 is 1.13 bits per heavy atom. The van der Waals surface area contributed by atoms with Gasteiger partial charge < -0.3 is 10.4 Å². The molecule has 6 nitrogen and oxygen atoms in total. The smallest absolute Gasteiger partial charge is 0.272 e. The molecule has 3 aromatic rings. The summed E-state index contributed by atoms with van der Waals surface area (Å²) in [6.45, 7) is 5.93. The number of likely N-dealkylation sites (tertiary alicyclic amines) is 1. The zero-order chi connectivity index (χ0) is 21.8. The molecule has 2 atom stereocenters. The SMILES string of the molecule is CC(C)n1nc(C(=O)N[C@@H]2CC[C@H](CCO)N(Cc3ccccc3)C2)c2ccccc21. The van der Waals surface area contributed by atoms with Crippen molar-refractivity contribution in [2.24, 2.45) is 0 Å². The van der Waals surface area contributed by atoms with Gasteiger partial charge in [0.15, 0.2) is 5.69 Å². The Labute approximate surface area is 183 Å². The standard InChI is InChI=1S/C25H32N4O2/c1-18(2)29-23-11-7-6-10-22(23)24(27-29)25(31)26-20-12-13-21(14-15-30)28(17-20)16-19-8-4-3-5-9-19/h3-11,18,20-21,30H,12-17H2,1-2H3,(H,26,31)/t20-,21-/m1/s1. The molecule has 1 fully saturated rings. The van der Waals surface area contributed by atoms with Crippen LogP contribution in [0.3, 0.4) is 0 Å². The van der Waals surface area contributed by atoms with Crippen LogP contribution < -0.4 is 5.32 Å². The van der Waals surface area contributed by atoms with Gasteiger partial charge in [-0.1, -0.05) is 48.5 Å². The van der Waals surface area contributed by atoms with Crippen LogP contribution in [0.4, 0.5) is 0 Å². The predicted molar refractivity (Wildman–Crippen MR) is 123 cm³/mol. The molecule has 0 aliphatic carbocycles. The van der Waals surface area contributed by atoms with Gasteiger partial charge in [0.05, 0.1) is 5.52 Å². The molecule has 2 N–H and O–H groups in total. The lowest BCUT2D eigenvalue weighted by molar-refractivity contribution is 0.0765. The van der Waals surface area contributed by atoms with E-state index in [0.717, 1.165) is 43.3 Å². The van der Waals surface area contributed by atoms with E-state index in [2.05, 4.69) is 53.4 Å². The molecule has 0 saturated carbocycles. The summed E-state index contributed by atoms with van der Waals surface area (Å²) in [6.07, 6.45) is 2.63. The van der Waals surface area contributed by atoms with Crippen LogP contribution in [0.25, 0.3) is 10.9 Å². The fourth-order valence-electron chi connectivity index (χ4n) is 4.61. The van der Waals surface area contributed by atoms with Crippen molar-refractivity contribution < 1.29 is 9.90 Å². The van der Waals surface area contributed by atoms with Crippen LogP contribution in [0.15, 0.2) is 54.6 Å². The summed E-state index contributed by atoms with van der Waals surface area (Å²) in [5.74, 6) is -0.110. The summed E-state index contributed by atoms with van der Waals surface area (Å²) < 4.78 is 1.92. The fraction of sp³-hybridized carbons (Fsp3) is 0.440. The molecule has 1 amide bonds. The summed E-state index contributed by atoms with van der Waals surface area (Å²) >= 11 is 0. The van der Waals surface area contributed by atoms with Gasteiger partial charge in [-0.2, -0.15) is 5.10 Å². The Bertz CT molecular complexity index is 1010. The molecule has 4 rings (SSSR count). The second-order valence-electron chi connectivity index (χ2n) is 8.73. The average Bonchev–Trinajstić information content (AvgIpc) is 3.17. The normalized spacial score (nSPS) is 19.7. The highest BCUT2D eigenvalue weighted by atomic mass is 16.3. The zero-order valence-corrected chi connectivity index (χ0v) is 18.4. The third-order valence-corrected chi connectivity index (χ3v) is 6.16. The van der Waals surface area contributed by atoms with Crippen LogP contribution in [-0.2, 0) is 6.54 Å². The summed E-state index contributed by atoms with van der Waals surface area (Å²) in [5, 5.41) is 18.3. The first kappa shape index (κ1) is 21.5. The highest BCUT2D eigenvalue weighted by Crippen LogP contribution is 2.24. The van der Waals surface area contributed by atoms with E-state index in [1.165, 1.54) is 5.56 Å². The third-order valence-electron chi connectivity index (χ3n) is 6.16. The van der Waals surface area contributed by atoms with Crippen LogP contribution in [0, 0.1) is 0 Å². The van der Waals surface area contributed by atoms with E-state index in [-0.39, 0.29) is 24.6 Å². The molecular weight excluding hydrogens is 388 g/mol. The number of aromatic nitrogens is 2. The van der Waals surface area contributed by atoms with E-state index in [4.69, 9.17) is 0 Å². The summed E-state index contributed by atoms with van der Waals surface area (Å²) in [4.78, 5) is 15.6. The monoisotopic (exact) mass is 420 g/mol. The first-order chi connectivity index (χ1) is 15.1. The van der Waals surface area contributed by atoms with Gasteiger partial charge in [0.2, 0.25) is 0 Å². The largest absolute Gasteiger partial charge is 0.396 e. The highest BCUT2D eigenvalue weighted by Gasteiger charge is 2.30. The first-order valence-corrected chi connectivity index (χ1v) is 11.2. The molecule has 1 aliphatic heterocycles. The van der Waals surface area contributed by atoms with Crippen LogP contribution in [-0.4, -0.2) is 50.9 Å². The molecule has 0 bridgehead atoms. The molecule has 2 aromatic carbocycles. The van der Waals surface area contributed by atoms with E-state index < -0.39 is 0 Å². The van der Waals surface area contributed by atoms with E-state index in [0.29, 0.717) is 11.7 Å². The number of nitrogens with zero attached hydrogens (tertiary/aromatic N) is 3. The Balaban J connectivity index is 1.50. The molecule has 0 spiro atoms. The number of aliphatic hydroxyl groups excluding tert-OH is 1. The van der Waals surface area contributed by atoms with Gasteiger partial charge in [-0.15, -0.1) is 0 Å². The number of para-hydroxylation sites is 1. The Morgan fingerprint density at radius 2 is 1.87 bits per heavy atom. The number of hydrogen-bond acceptors (Lipinski definition) is 4. The highest BCUT2D eigenvalue weighted by molar-refractivity contribution is 6.05. The van der Waals surface area contributed by atoms with E-state index in [1.807, 2.05) is 35.0 Å². The maximum atomic E-state index is 13.2. The maximum absolute atomic E-state index is 13.2. The number of aliphatic hydroxyl groups is 1. The van der Waals surface area contributed by atoms with Gasteiger partial charge >= 0.3 is 0 Å². The minimum Gasteiger partial charge on any atom is -0.396 e. The quantitative estimate of drug-likeness (QED) is 0.611. The fourth-order valence-corrected chi connectivity index (χ4v) is 4.61. The lowest BCUT2D eigenvalue weighted by Crippen LogP contribution is -2.51. The molecule has 2 heterocycles. The zero-order valence-electron chi connectivity index (χ0n) is 18.4. The number of fused-ring (bicyclic) bond motifs is 1. The number of carbonyl (C=O) groups is 1. The number of piperidine rings is 1. The molecule has 0 unspecified atom stereocenters. The molecule has 164 valence electrons. The Hall–Kier alpha value is -2.70. The molecule has 1 aromatic heterocycles. The minimum absolute atomic E-state index is 0.0640. The van der Waals surface area contributed by atoms with Crippen molar-refractivity contribution in [1.29, 1.82) is 0 Å². The number of benzene rings is 2. The number of hydrogen-bond donors (Lipinski definition) is 2. The predicted octanol–water partition coefficient (Wildman–Crippen LogP) is 3.76. The van der Waals surface area contributed by atoms with Crippen molar-refractivity contribution in [2.75, 3.05) is 13.2 Å². The Morgan fingerprint density at radius 3 is 2.61 bits per heavy atom. The second kappa shape index (κ2) is 9.62. The van der Waals surface area contributed by atoms with Crippen LogP contribution in [0.2, 0.25) is 0 Å². The van der Waals surface area contributed by atoms with Gasteiger partial charge in [0.1, 0.15) is 0 Å². The minimum atomic E-state index is -0.110. The van der Waals surface area contributed by atoms with Gasteiger partial charge in [-0.05, 0) is 44.7 Å². The van der Waals surface area contributed by atoms with Crippen molar-refractivity contribution in [3.63, 3.8) is 0 Å². The van der Waals surface area contributed by atoms with E-state index in [1.54, 1.807) is 0 Å². The van der Waals surface area contributed by atoms with Crippen molar-refractivity contribution in [2.45, 2.75) is 57.8 Å². The van der Waals surface area contributed by atoms with Gasteiger partial charge in [0.25, 0.3) is 5.91 Å². The lowest BCUT2D eigenvalue weighted by atomic mass is 9.95. The molecule has 0 radical (unpaired) electrons. The first-order valence-electron chi connectivity index (χ1n) is 11.2. The molecule has 1 saturated heterocycles. The molecule has 1 aliphatic rings. The van der Waals surface area contributed by atoms with Crippen LogP contribution >= 0.6 is 0 Å². The van der Waals surface area contributed by atoms with Crippen molar-refractivity contribution >= 4 is 16.8 Å². The topological polar surface area (TPSA) is 70.4 Å². The second-order valence-corrected chi connectivity index (χ2v) is 8.73. The van der Waals surface area contributed by atoms with Crippen LogP contribution in [0.1, 0.15) is 55.2 Å². The van der Waals surface area contributed by atoms with Crippen molar-refractivity contribution in [3.8, 4) is 0 Å². The molecule has 31 heavy (non-hydrogen) atoms. The number of rotatable bonds is 7. The van der Waals surface area contributed by atoms with Gasteiger partial charge in [-0.3, -0.25) is 14.4 Å². The summed E-state index contributed by atoms with van der Waals surface area (Å²) in [6, 6.07) is 18.9. The average molecular weight is 421 g/mol. The van der Waals surface area contributed by atoms with Crippen molar-refractivity contribution in [3.05, 3.63) is 65.9 Å².